The summed E-state index contributed by atoms with van der Waals surface area (Å²) in [5.74, 6) is 0.108. The second-order valence-electron chi connectivity index (χ2n) is 3.98. The van der Waals surface area contributed by atoms with Gasteiger partial charge in [0.15, 0.2) is 16.0 Å². The molecule has 1 aliphatic rings. The van der Waals surface area contributed by atoms with Crippen LogP contribution in [0.4, 0.5) is 0 Å². The van der Waals surface area contributed by atoms with E-state index in [9.17, 15) is 9.00 Å². The van der Waals surface area contributed by atoms with Gasteiger partial charge in [0, 0.05) is 30.1 Å². The summed E-state index contributed by atoms with van der Waals surface area (Å²) < 4.78 is 20.4. The van der Waals surface area contributed by atoms with E-state index in [1.165, 1.54) is 10.8 Å². The van der Waals surface area contributed by atoms with E-state index in [0.29, 0.717) is 10.9 Å². The van der Waals surface area contributed by atoms with Crippen LogP contribution in [0, 0.1) is 0 Å². The molecule has 102 valence electrons. The number of ether oxygens (including phenoxy) is 1. The molecular weight excluding hydrogens is 280 g/mol. The normalized spacial score (nSPS) is 17.8. The molecule has 20 heavy (non-hydrogen) atoms. The van der Waals surface area contributed by atoms with E-state index in [1.54, 1.807) is 31.8 Å². The monoisotopic (exact) mass is 290 g/mol. The molecule has 1 unspecified atom stereocenters. The Balaban J connectivity index is 1.96. The number of carbonyl (C=O) groups is 1. The zero-order chi connectivity index (χ0) is 14.1. The van der Waals surface area contributed by atoms with Crippen LogP contribution in [-0.2, 0) is 15.8 Å². The van der Waals surface area contributed by atoms with Crippen molar-refractivity contribution in [3.05, 3.63) is 36.8 Å². The third kappa shape index (κ3) is 2.21. The number of hydrogen-bond acceptors (Lipinski definition) is 5. The van der Waals surface area contributed by atoms with Gasteiger partial charge in [-0.25, -0.2) is 13.9 Å². The van der Waals surface area contributed by atoms with Crippen LogP contribution in [0.3, 0.4) is 0 Å². The van der Waals surface area contributed by atoms with Gasteiger partial charge in [-0.15, -0.1) is 0 Å². The quantitative estimate of drug-likeness (QED) is 0.892. The van der Waals surface area contributed by atoms with E-state index in [-0.39, 0.29) is 5.91 Å². The highest BCUT2D eigenvalue weighted by Crippen LogP contribution is 2.23. The Kier molecular flexibility index (Phi) is 3.07. The highest BCUT2D eigenvalue weighted by molar-refractivity contribution is 7.93. The van der Waals surface area contributed by atoms with E-state index < -0.39 is 11.0 Å². The van der Waals surface area contributed by atoms with Crippen molar-refractivity contribution in [3.63, 3.8) is 0 Å². The van der Waals surface area contributed by atoms with Crippen molar-refractivity contribution < 1.29 is 13.7 Å². The molecule has 0 spiro atoms. The van der Waals surface area contributed by atoms with E-state index in [2.05, 4.69) is 14.8 Å². The minimum atomic E-state index is -1.57. The number of rotatable bonds is 3. The standard InChI is InChI=1S/C12H10N4O3S/c1-19-11-4-8(2-3-13-11)9-6-14-16(7-9)12-5-10(17)15-20(12)18/h2-7H,1H3,(H,15,17). The Morgan fingerprint density at radius 2 is 2.25 bits per heavy atom. The molecule has 0 bridgehead atoms. The smallest absolute Gasteiger partial charge is 0.258 e. The molecule has 0 fully saturated rings. The highest BCUT2D eigenvalue weighted by atomic mass is 32.2. The summed E-state index contributed by atoms with van der Waals surface area (Å²) >= 11 is 0. The SMILES string of the molecule is COc1cc(-c2cnn(C3=CC(=O)NS3=O)c2)ccn1. The third-order valence-electron chi connectivity index (χ3n) is 2.72. The fourth-order valence-electron chi connectivity index (χ4n) is 1.78. The largest absolute Gasteiger partial charge is 0.481 e. The zero-order valence-corrected chi connectivity index (χ0v) is 11.3. The molecule has 1 N–H and O–H groups in total. The van der Waals surface area contributed by atoms with Gasteiger partial charge in [-0.05, 0) is 11.6 Å². The van der Waals surface area contributed by atoms with Gasteiger partial charge in [0.05, 0.1) is 13.3 Å². The predicted octanol–water partition coefficient (Wildman–Crippen LogP) is 0.546. The molecule has 3 heterocycles. The predicted molar refractivity (Wildman–Crippen MR) is 72.6 cm³/mol. The summed E-state index contributed by atoms with van der Waals surface area (Å²) in [4.78, 5) is 15.2. The molecule has 0 aromatic carbocycles. The van der Waals surface area contributed by atoms with Gasteiger partial charge in [0.25, 0.3) is 5.91 Å². The molecule has 8 heteroatoms. The number of methoxy groups -OCH3 is 1. The number of hydrogen-bond donors (Lipinski definition) is 1. The molecular formula is C12H10N4O3S. The molecule has 1 atom stereocenters. The van der Waals surface area contributed by atoms with Gasteiger partial charge in [-0.1, -0.05) is 0 Å². The van der Waals surface area contributed by atoms with Crippen LogP contribution in [0.2, 0.25) is 0 Å². The number of pyridine rings is 1. The summed E-state index contributed by atoms with van der Waals surface area (Å²) in [7, 11) is -0.0248. The first kappa shape index (κ1) is 12.5. The van der Waals surface area contributed by atoms with Gasteiger partial charge in [0.1, 0.15) is 0 Å². The third-order valence-corrected chi connectivity index (χ3v) is 3.79. The van der Waals surface area contributed by atoms with Crippen LogP contribution in [0.5, 0.6) is 5.88 Å². The summed E-state index contributed by atoms with van der Waals surface area (Å²) in [6.45, 7) is 0. The minimum absolute atomic E-state index is 0.308. The van der Waals surface area contributed by atoms with Gasteiger partial charge < -0.3 is 4.74 Å². The fourth-order valence-corrected chi connectivity index (χ4v) is 2.61. The van der Waals surface area contributed by atoms with E-state index >= 15 is 0 Å². The summed E-state index contributed by atoms with van der Waals surface area (Å²) in [6, 6.07) is 3.58. The summed E-state index contributed by atoms with van der Waals surface area (Å²) in [5.41, 5.74) is 1.68. The maximum Gasteiger partial charge on any atom is 0.258 e. The maximum absolute atomic E-state index is 11.7. The Hall–Kier alpha value is -2.48. The van der Waals surface area contributed by atoms with Crippen molar-refractivity contribution in [2.45, 2.75) is 0 Å². The lowest BCUT2D eigenvalue weighted by Gasteiger charge is -2.01. The molecule has 1 aliphatic heterocycles. The molecule has 0 radical (unpaired) electrons. The van der Waals surface area contributed by atoms with Gasteiger partial charge in [-0.2, -0.15) is 5.10 Å². The van der Waals surface area contributed by atoms with E-state index in [1.807, 2.05) is 6.07 Å². The number of nitrogens with zero attached hydrogens (tertiary/aromatic N) is 3. The number of aromatic nitrogens is 3. The van der Waals surface area contributed by atoms with E-state index in [4.69, 9.17) is 4.74 Å². The Labute approximate surface area is 116 Å². The van der Waals surface area contributed by atoms with Crippen molar-refractivity contribution in [1.29, 1.82) is 0 Å². The first-order valence-electron chi connectivity index (χ1n) is 5.67. The average molecular weight is 290 g/mol. The molecule has 1 amide bonds. The zero-order valence-electron chi connectivity index (χ0n) is 10.4. The summed E-state index contributed by atoms with van der Waals surface area (Å²) in [5, 5.41) is 4.42. The molecule has 0 saturated heterocycles. The van der Waals surface area contributed by atoms with Crippen molar-refractivity contribution in [2.24, 2.45) is 0 Å². The van der Waals surface area contributed by atoms with E-state index in [0.717, 1.165) is 11.1 Å². The van der Waals surface area contributed by atoms with Gasteiger partial charge in [-0.3, -0.25) is 9.52 Å². The van der Waals surface area contributed by atoms with Gasteiger partial charge >= 0.3 is 0 Å². The molecule has 7 nitrogen and oxygen atoms in total. The van der Waals surface area contributed by atoms with Crippen molar-refractivity contribution in [2.75, 3.05) is 7.11 Å². The van der Waals surface area contributed by atoms with Gasteiger partial charge in [0.2, 0.25) is 5.88 Å². The second-order valence-corrected chi connectivity index (χ2v) is 5.14. The lowest BCUT2D eigenvalue weighted by Crippen LogP contribution is -2.17. The van der Waals surface area contributed by atoms with Crippen molar-refractivity contribution in [1.82, 2.24) is 19.5 Å². The van der Waals surface area contributed by atoms with Crippen LogP contribution in [0.1, 0.15) is 0 Å². The van der Waals surface area contributed by atoms with Crippen molar-refractivity contribution >= 4 is 21.9 Å². The first-order valence-corrected chi connectivity index (χ1v) is 6.82. The molecule has 0 aliphatic carbocycles. The number of amides is 1. The topological polar surface area (TPSA) is 86.1 Å². The molecule has 2 aromatic rings. The maximum atomic E-state index is 11.7. The second kappa shape index (κ2) is 4.89. The Bertz CT molecular complexity index is 738. The summed E-state index contributed by atoms with van der Waals surface area (Å²) in [6.07, 6.45) is 6.21. The Morgan fingerprint density at radius 1 is 1.40 bits per heavy atom. The van der Waals surface area contributed by atoms with Crippen LogP contribution >= 0.6 is 0 Å². The molecule has 2 aromatic heterocycles. The van der Waals surface area contributed by atoms with Crippen molar-refractivity contribution in [3.8, 4) is 17.0 Å². The lowest BCUT2D eigenvalue weighted by molar-refractivity contribution is -0.114. The van der Waals surface area contributed by atoms with Crippen LogP contribution in [-0.4, -0.2) is 32.0 Å². The molecule has 3 rings (SSSR count). The Morgan fingerprint density at radius 3 is 2.95 bits per heavy atom. The average Bonchev–Trinajstić information content (AvgIpc) is 3.05. The van der Waals surface area contributed by atoms with Crippen LogP contribution < -0.4 is 9.46 Å². The van der Waals surface area contributed by atoms with Crippen LogP contribution in [0.25, 0.3) is 16.2 Å². The number of nitrogens with one attached hydrogen (secondary N) is 1. The highest BCUT2D eigenvalue weighted by Gasteiger charge is 2.22. The number of carbonyl (C=O) groups excluding carboxylic acids is 1. The minimum Gasteiger partial charge on any atom is -0.481 e. The molecule has 0 saturated carbocycles. The van der Waals surface area contributed by atoms with Crippen LogP contribution in [0.15, 0.2) is 36.8 Å². The first-order chi connectivity index (χ1) is 9.67. The lowest BCUT2D eigenvalue weighted by atomic mass is 10.1. The fraction of sp³-hybridized carbons (Fsp3) is 0.0833.